The van der Waals surface area contributed by atoms with Gasteiger partial charge in [-0.3, -0.25) is 14.5 Å². The van der Waals surface area contributed by atoms with E-state index in [1.807, 2.05) is 24.0 Å². The maximum absolute atomic E-state index is 13.0. The van der Waals surface area contributed by atoms with E-state index in [1.165, 1.54) is 16.0 Å². The molecule has 2 aliphatic heterocycles. The number of hydrogen-bond acceptors (Lipinski definition) is 3. The number of carbonyl (C=O) groups is 2. The summed E-state index contributed by atoms with van der Waals surface area (Å²) < 4.78 is 0. The summed E-state index contributed by atoms with van der Waals surface area (Å²) in [6.45, 7) is 3.55. The van der Waals surface area contributed by atoms with Gasteiger partial charge in [-0.25, -0.2) is 0 Å². The molecule has 0 aromatic heterocycles. The Morgan fingerprint density at radius 3 is 2.35 bits per heavy atom. The molecule has 4 rings (SSSR count). The number of benzene rings is 2. The molecule has 2 heterocycles. The fourth-order valence-corrected chi connectivity index (χ4v) is 3.83. The molecule has 0 N–H and O–H groups in total. The zero-order valence-corrected chi connectivity index (χ0v) is 15.3. The number of amides is 2. The minimum absolute atomic E-state index is 0.207. The van der Waals surface area contributed by atoms with Crippen LogP contribution in [0.25, 0.3) is 5.57 Å². The van der Waals surface area contributed by atoms with Crippen LogP contribution in [0.2, 0.25) is 5.02 Å². The van der Waals surface area contributed by atoms with Crippen molar-refractivity contribution in [3.05, 3.63) is 75.9 Å². The molecular formula is C21H19ClN2O2. The third-order valence-corrected chi connectivity index (χ3v) is 5.29. The van der Waals surface area contributed by atoms with Crippen LogP contribution in [-0.4, -0.2) is 34.7 Å². The number of imide groups is 1. The Bertz CT molecular complexity index is 918. The van der Waals surface area contributed by atoms with Crippen molar-refractivity contribution in [3.63, 3.8) is 0 Å². The third-order valence-electron chi connectivity index (χ3n) is 5.04. The minimum atomic E-state index is -0.228. The molecule has 2 aliphatic rings. The SMILES string of the molecule is CCN1C(=O)C(c2ccc(Cl)cc2)=C(N2CCc3ccccc3C2)C1=O. The topological polar surface area (TPSA) is 40.6 Å². The largest absolute Gasteiger partial charge is 0.362 e. The number of halogens is 1. The fraction of sp³-hybridized carbons (Fsp3) is 0.238. The molecule has 4 nitrogen and oxygen atoms in total. The average molecular weight is 367 g/mol. The van der Waals surface area contributed by atoms with Crippen molar-refractivity contribution < 1.29 is 9.59 Å². The van der Waals surface area contributed by atoms with Crippen LogP contribution >= 0.6 is 11.6 Å². The standard InChI is InChI=1S/C21H19ClN2O2/c1-2-24-20(25)18(15-7-9-17(22)10-8-15)19(21(24)26)23-12-11-14-5-3-4-6-16(14)13-23/h3-10H,2,11-13H2,1H3. The summed E-state index contributed by atoms with van der Waals surface area (Å²) in [7, 11) is 0. The normalized spacial score (nSPS) is 17.2. The molecule has 2 aromatic rings. The maximum Gasteiger partial charge on any atom is 0.277 e. The quantitative estimate of drug-likeness (QED) is 0.781. The first-order valence-electron chi connectivity index (χ1n) is 8.78. The number of fused-ring (bicyclic) bond motifs is 1. The van der Waals surface area contributed by atoms with Crippen LogP contribution in [0.15, 0.2) is 54.2 Å². The van der Waals surface area contributed by atoms with Crippen LogP contribution in [0.1, 0.15) is 23.6 Å². The first kappa shape index (κ1) is 16.9. The number of carbonyl (C=O) groups excluding carboxylic acids is 2. The Labute approximate surface area is 157 Å². The van der Waals surface area contributed by atoms with E-state index in [-0.39, 0.29) is 11.8 Å². The molecule has 0 saturated carbocycles. The number of rotatable bonds is 3. The van der Waals surface area contributed by atoms with Crippen LogP contribution in [0.3, 0.4) is 0 Å². The summed E-state index contributed by atoms with van der Waals surface area (Å²) in [5.74, 6) is -0.435. The molecule has 0 bridgehead atoms. The van der Waals surface area contributed by atoms with Crippen molar-refractivity contribution in [2.75, 3.05) is 13.1 Å². The second kappa shape index (κ2) is 6.61. The van der Waals surface area contributed by atoms with Crippen molar-refractivity contribution in [2.24, 2.45) is 0 Å². The summed E-state index contributed by atoms with van der Waals surface area (Å²) >= 11 is 5.99. The zero-order valence-electron chi connectivity index (χ0n) is 14.5. The van der Waals surface area contributed by atoms with Gasteiger partial charge in [-0.1, -0.05) is 48.0 Å². The molecule has 5 heteroatoms. The highest BCUT2D eigenvalue weighted by Crippen LogP contribution is 2.34. The molecule has 132 valence electrons. The molecule has 0 atom stereocenters. The first-order valence-corrected chi connectivity index (χ1v) is 9.16. The van der Waals surface area contributed by atoms with Crippen molar-refractivity contribution in [2.45, 2.75) is 19.9 Å². The lowest BCUT2D eigenvalue weighted by Gasteiger charge is -2.31. The van der Waals surface area contributed by atoms with Crippen LogP contribution < -0.4 is 0 Å². The number of nitrogens with zero attached hydrogens (tertiary/aromatic N) is 2. The van der Waals surface area contributed by atoms with Crippen molar-refractivity contribution in [1.29, 1.82) is 0 Å². The first-order chi connectivity index (χ1) is 12.6. The highest BCUT2D eigenvalue weighted by atomic mass is 35.5. The van der Waals surface area contributed by atoms with Gasteiger partial charge in [0.05, 0.1) is 5.57 Å². The van der Waals surface area contributed by atoms with E-state index in [0.717, 1.165) is 18.5 Å². The van der Waals surface area contributed by atoms with Crippen LogP contribution in [-0.2, 0) is 22.6 Å². The molecule has 0 saturated heterocycles. The lowest BCUT2D eigenvalue weighted by molar-refractivity contribution is -0.137. The monoisotopic (exact) mass is 366 g/mol. The molecule has 0 aliphatic carbocycles. The van der Waals surface area contributed by atoms with Gasteiger partial charge in [0.1, 0.15) is 5.70 Å². The second-order valence-electron chi connectivity index (χ2n) is 6.53. The summed E-state index contributed by atoms with van der Waals surface area (Å²) in [6, 6.07) is 15.4. The van der Waals surface area contributed by atoms with Crippen molar-refractivity contribution in [3.8, 4) is 0 Å². The Balaban J connectivity index is 1.80. The molecule has 26 heavy (non-hydrogen) atoms. The highest BCUT2D eigenvalue weighted by Gasteiger charge is 2.41. The third kappa shape index (κ3) is 2.71. The van der Waals surface area contributed by atoms with Gasteiger partial charge in [0.2, 0.25) is 0 Å². The van der Waals surface area contributed by atoms with Crippen molar-refractivity contribution >= 4 is 29.0 Å². The Kier molecular flexibility index (Phi) is 4.29. The molecule has 0 spiro atoms. The van der Waals surface area contributed by atoms with Gasteiger partial charge in [0, 0.05) is 24.7 Å². The van der Waals surface area contributed by atoms with Gasteiger partial charge >= 0.3 is 0 Å². The predicted octanol–water partition coefficient (Wildman–Crippen LogP) is 3.50. The van der Waals surface area contributed by atoms with Gasteiger partial charge in [-0.05, 0) is 42.2 Å². The van der Waals surface area contributed by atoms with E-state index in [9.17, 15) is 9.59 Å². The number of hydrogen-bond donors (Lipinski definition) is 0. The zero-order chi connectivity index (χ0) is 18.3. The van der Waals surface area contributed by atoms with E-state index in [0.29, 0.717) is 29.4 Å². The molecule has 0 fully saturated rings. The summed E-state index contributed by atoms with van der Waals surface area (Å²) in [5.41, 5.74) is 4.23. The van der Waals surface area contributed by atoms with Gasteiger partial charge in [-0.15, -0.1) is 0 Å². The minimum Gasteiger partial charge on any atom is -0.362 e. The Morgan fingerprint density at radius 2 is 1.65 bits per heavy atom. The molecule has 2 aromatic carbocycles. The smallest absolute Gasteiger partial charge is 0.277 e. The lowest BCUT2D eigenvalue weighted by atomic mass is 9.98. The molecule has 2 amide bonds. The van der Waals surface area contributed by atoms with Crippen LogP contribution in [0, 0.1) is 0 Å². The van der Waals surface area contributed by atoms with Crippen LogP contribution in [0.4, 0.5) is 0 Å². The average Bonchev–Trinajstić information content (AvgIpc) is 2.92. The number of likely N-dealkylation sites (N-methyl/N-ethyl adjacent to an activating group) is 1. The molecule has 0 radical (unpaired) electrons. The van der Waals surface area contributed by atoms with Crippen LogP contribution in [0.5, 0.6) is 0 Å². The van der Waals surface area contributed by atoms with E-state index < -0.39 is 0 Å². The van der Waals surface area contributed by atoms with Gasteiger partial charge < -0.3 is 4.90 Å². The lowest BCUT2D eigenvalue weighted by Crippen LogP contribution is -2.37. The maximum atomic E-state index is 13.0. The predicted molar refractivity (Wildman–Crippen MR) is 101 cm³/mol. The van der Waals surface area contributed by atoms with E-state index >= 15 is 0 Å². The van der Waals surface area contributed by atoms with E-state index in [2.05, 4.69) is 12.1 Å². The second-order valence-corrected chi connectivity index (χ2v) is 6.96. The highest BCUT2D eigenvalue weighted by molar-refractivity contribution is 6.36. The molecular weight excluding hydrogens is 348 g/mol. The Hall–Kier alpha value is -2.59. The van der Waals surface area contributed by atoms with Crippen molar-refractivity contribution in [1.82, 2.24) is 9.80 Å². The van der Waals surface area contributed by atoms with E-state index in [4.69, 9.17) is 11.6 Å². The summed E-state index contributed by atoms with van der Waals surface area (Å²) in [6.07, 6.45) is 0.862. The van der Waals surface area contributed by atoms with Gasteiger partial charge in [0.15, 0.2) is 0 Å². The Morgan fingerprint density at radius 1 is 0.962 bits per heavy atom. The molecule has 0 unspecified atom stereocenters. The summed E-state index contributed by atoms with van der Waals surface area (Å²) in [4.78, 5) is 29.3. The van der Waals surface area contributed by atoms with E-state index in [1.54, 1.807) is 24.3 Å². The van der Waals surface area contributed by atoms with Gasteiger partial charge in [0.25, 0.3) is 11.8 Å². The fourth-order valence-electron chi connectivity index (χ4n) is 3.71. The van der Waals surface area contributed by atoms with Gasteiger partial charge in [-0.2, -0.15) is 0 Å². The summed E-state index contributed by atoms with van der Waals surface area (Å²) in [5, 5.41) is 0.604.